The smallest absolute Gasteiger partial charge is 0.251 e. The second-order valence-electron chi connectivity index (χ2n) is 16.6. The van der Waals surface area contributed by atoms with E-state index in [9.17, 15) is 19.8 Å². The molecule has 0 radical (unpaired) electrons. The number of nitrogens with zero attached hydrogens (tertiary/aromatic N) is 2. The summed E-state index contributed by atoms with van der Waals surface area (Å²) in [5, 5.41) is 29.8. The zero-order valence-electron chi connectivity index (χ0n) is 32.6. The van der Waals surface area contributed by atoms with Crippen LogP contribution in [-0.2, 0) is 22.6 Å². The second kappa shape index (κ2) is 16.7. The first-order valence-electron chi connectivity index (χ1n) is 19.2. The van der Waals surface area contributed by atoms with Crippen LogP contribution < -0.4 is 15.4 Å². The predicted octanol–water partition coefficient (Wildman–Crippen LogP) is 5.58. The van der Waals surface area contributed by atoms with Crippen LogP contribution in [0, 0.1) is 29.1 Å². The van der Waals surface area contributed by atoms with E-state index >= 15 is 0 Å². The Morgan fingerprint density at radius 1 is 1.09 bits per heavy atom. The Balaban J connectivity index is 1.25. The van der Waals surface area contributed by atoms with Crippen LogP contribution in [0.2, 0.25) is 5.02 Å². The van der Waals surface area contributed by atoms with Gasteiger partial charge in [0.1, 0.15) is 17.9 Å². The van der Waals surface area contributed by atoms with Crippen LogP contribution in [0.5, 0.6) is 5.75 Å². The first-order valence-corrected chi connectivity index (χ1v) is 19.6. The molecule has 4 aliphatic rings. The number of ether oxygens (including phenoxy) is 1. The molecule has 2 bridgehead atoms. The Kier molecular flexibility index (Phi) is 12.4. The van der Waals surface area contributed by atoms with Crippen LogP contribution in [0.3, 0.4) is 0 Å². The molecular weight excluding hydrogens is 704 g/mol. The minimum absolute atomic E-state index is 0.0301. The Labute approximate surface area is 325 Å². The number of hydroxylamine groups is 2. The highest BCUT2D eigenvalue weighted by atomic mass is 35.5. The maximum atomic E-state index is 14.2. The number of aliphatic hydroxyl groups is 2. The van der Waals surface area contributed by atoms with Gasteiger partial charge < -0.3 is 30.5 Å². The summed E-state index contributed by atoms with van der Waals surface area (Å²) in [5.74, 6) is 0.878. The monoisotopic (exact) mass is 760 g/mol. The summed E-state index contributed by atoms with van der Waals surface area (Å²) in [6, 6.07) is 20.1. The van der Waals surface area contributed by atoms with Gasteiger partial charge in [-0.3, -0.25) is 14.4 Å². The van der Waals surface area contributed by atoms with Gasteiger partial charge in [-0.1, -0.05) is 80.9 Å². The van der Waals surface area contributed by atoms with E-state index in [0.717, 1.165) is 17.5 Å². The van der Waals surface area contributed by atoms with E-state index in [2.05, 4.69) is 48.4 Å². The highest BCUT2D eigenvalue weighted by Crippen LogP contribution is 2.61. The van der Waals surface area contributed by atoms with E-state index in [4.69, 9.17) is 21.2 Å². The van der Waals surface area contributed by atoms with Crippen molar-refractivity contribution < 1.29 is 29.4 Å². The SMILES string of the molecule is COc1c(CN2O[C@@H](CO)[C@@H]([C@H](C)O)[C@H]2C(=O)N[C@H]2C[C@H]3C[C@@H]([C@@H]2C)C3(C)C)cccc1-c1cc(Cl)cc(C(=O)N[C@@H](Cc2ccccc2)CN(C)C)c1. The molecule has 292 valence electrons. The second-order valence-corrected chi connectivity index (χ2v) is 17.0. The van der Waals surface area contributed by atoms with E-state index in [1.807, 2.05) is 56.6 Å². The number of para-hydroxylation sites is 1. The lowest BCUT2D eigenvalue weighted by molar-refractivity contribution is -0.183. The summed E-state index contributed by atoms with van der Waals surface area (Å²) in [7, 11) is 5.55. The van der Waals surface area contributed by atoms with Crippen LogP contribution in [-0.4, -0.2) is 96.7 Å². The van der Waals surface area contributed by atoms with Gasteiger partial charge in [-0.05, 0) is 92.8 Å². The molecule has 3 aromatic carbocycles. The van der Waals surface area contributed by atoms with E-state index in [1.54, 1.807) is 31.2 Å². The highest BCUT2D eigenvalue weighted by Gasteiger charge is 2.57. The van der Waals surface area contributed by atoms with Crippen molar-refractivity contribution in [2.75, 3.05) is 34.4 Å². The molecule has 9 atom stereocenters. The molecule has 7 rings (SSSR count). The molecule has 1 heterocycles. The largest absolute Gasteiger partial charge is 0.496 e. The standard InChI is InChI=1S/C43H57ClN4O6/c1-25-35-20-31(43(35,3)4)21-36(25)46-42(52)39-38(26(2)50)37(24-49)54-48(39)22-28-14-11-15-34(40(28)53-7)29-17-30(19-32(44)18-29)41(51)45-33(23-47(5)6)16-27-12-9-8-10-13-27/h8-15,17-19,25-26,31,33,35-39,49-50H,16,20-24H2,1-7H3,(H,45,51)(H,46,52)/t25-,26-,31+,33-,35-,36-,37-,38+,39-/m0/s1. The molecule has 0 unspecified atom stereocenters. The van der Waals surface area contributed by atoms with Crippen molar-refractivity contribution in [1.29, 1.82) is 0 Å². The maximum Gasteiger partial charge on any atom is 0.251 e. The summed E-state index contributed by atoms with van der Waals surface area (Å²) in [4.78, 5) is 36.3. The zero-order chi connectivity index (χ0) is 38.9. The average molecular weight is 761 g/mol. The first-order chi connectivity index (χ1) is 25.7. The first kappa shape index (κ1) is 40.2. The number of methoxy groups -OCH3 is 1. The number of carbonyl (C=O) groups is 2. The number of hydrogen-bond acceptors (Lipinski definition) is 8. The third-order valence-corrected chi connectivity index (χ3v) is 12.6. The molecule has 3 aromatic rings. The molecule has 11 heteroatoms. The molecule has 2 amide bonds. The van der Waals surface area contributed by atoms with Gasteiger partial charge >= 0.3 is 0 Å². The Hall–Kier alpha value is -3.51. The van der Waals surface area contributed by atoms with E-state index < -0.39 is 24.2 Å². The normalized spacial score (nSPS) is 27.2. The quantitative estimate of drug-likeness (QED) is 0.168. The molecule has 4 fully saturated rings. The number of amides is 2. The third-order valence-electron chi connectivity index (χ3n) is 12.4. The fraction of sp³-hybridized carbons (Fsp3) is 0.535. The summed E-state index contributed by atoms with van der Waals surface area (Å²) in [6.45, 7) is 8.99. The molecule has 54 heavy (non-hydrogen) atoms. The number of aliphatic hydroxyl groups excluding tert-OH is 2. The third kappa shape index (κ3) is 8.34. The number of fused-ring (bicyclic) bond motifs is 2. The van der Waals surface area contributed by atoms with Gasteiger partial charge in [-0.2, -0.15) is 5.06 Å². The van der Waals surface area contributed by atoms with Gasteiger partial charge in [0.05, 0.1) is 26.4 Å². The highest BCUT2D eigenvalue weighted by molar-refractivity contribution is 6.31. The van der Waals surface area contributed by atoms with E-state index in [0.29, 0.717) is 58.2 Å². The van der Waals surface area contributed by atoms with Gasteiger partial charge in [0.15, 0.2) is 0 Å². The Bertz CT molecular complexity index is 1790. The van der Waals surface area contributed by atoms with Gasteiger partial charge in [0, 0.05) is 46.3 Å². The average Bonchev–Trinajstić information content (AvgIpc) is 3.50. The summed E-state index contributed by atoms with van der Waals surface area (Å²) in [5.41, 5.74) is 3.96. The molecule has 0 spiro atoms. The Morgan fingerprint density at radius 2 is 1.83 bits per heavy atom. The number of rotatable bonds is 14. The van der Waals surface area contributed by atoms with Gasteiger partial charge in [-0.15, -0.1) is 0 Å². The van der Waals surface area contributed by atoms with Crippen molar-refractivity contribution in [3.8, 4) is 16.9 Å². The van der Waals surface area contributed by atoms with Gasteiger partial charge in [0.25, 0.3) is 5.91 Å². The fourth-order valence-corrected chi connectivity index (χ4v) is 9.71. The van der Waals surface area contributed by atoms with Crippen molar-refractivity contribution >= 4 is 23.4 Å². The number of benzene rings is 3. The topological polar surface area (TPSA) is 124 Å². The summed E-state index contributed by atoms with van der Waals surface area (Å²) >= 11 is 6.67. The zero-order valence-corrected chi connectivity index (χ0v) is 33.3. The number of hydrogen-bond donors (Lipinski definition) is 4. The fourth-order valence-electron chi connectivity index (χ4n) is 9.48. The van der Waals surface area contributed by atoms with Crippen LogP contribution in [0.4, 0.5) is 0 Å². The van der Waals surface area contributed by atoms with E-state index in [-0.39, 0.29) is 42.5 Å². The predicted molar refractivity (Wildman–Crippen MR) is 211 cm³/mol. The molecule has 1 aliphatic heterocycles. The van der Waals surface area contributed by atoms with Crippen molar-refractivity contribution in [3.63, 3.8) is 0 Å². The van der Waals surface area contributed by atoms with Crippen molar-refractivity contribution in [1.82, 2.24) is 20.6 Å². The molecular formula is C43H57ClN4O6. The lowest BCUT2D eigenvalue weighted by Crippen LogP contribution is -2.62. The molecule has 0 aromatic heterocycles. The maximum absolute atomic E-state index is 14.2. The van der Waals surface area contributed by atoms with Crippen LogP contribution >= 0.6 is 11.6 Å². The number of nitrogens with one attached hydrogen (secondary N) is 2. The minimum Gasteiger partial charge on any atom is -0.496 e. The van der Waals surface area contributed by atoms with Gasteiger partial charge in [-0.25, -0.2) is 0 Å². The van der Waals surface area contributed by atoms with Crippen LogP contribution in [0.1, 0.15) is 62.0 Å². The van der Waals surface area contributed by atoms with Crippen molar-refractivity contribution in [2.45, 2.75) is 83.8 Å². The molecule has 3 saturated carbocycles. The van der Waals surface area contributed by atoms with Crippen LogP contribution in [0.15, 0.2) is 66.7 Å². The molecule has 10 nitrogen and oxygen atoms in total. The number of carbonyl (C=O) groups excluding carboxylic acids is 2. The lowest BCUT2D eigenvalue weighted by Gasteiger charge is -2.62. The Morgan fingerprint density at radius 3 is 2.46 bits per heavy atom. The molecule has 4 N–H and O–H groups in total. The van der Waals surface area contributed by atoms with Crippen molar-refractivity contribution in [3.05, 3.63) is 88.4 Å². The number of halogens is 1. The summed E-state index contributed by atoms with van der Waals surface area (Å²) < 4.78 is 6.02. The van der Waals surface area contributed by atoms with E-state index in [1.165, 1.54) is 6.42 Å². The minimum atomic E-state index is -0.909. The molecule has 1 saturated heterocycles. The molecule has 3 aliphatic carbocycles. The van der Waals surface area contributed by atoms with Crippen molar-refractivity contribution in [2.24, 2.45) is 29.1 Å². The number of likely N-dealkylation sites (N-methyl/N-ethyl adjacent to an activating group) is 1. The van der Waals surface area contributed by atoms with Gasteiger partial charge in [0.2, 0.25) is 5.91 Å². The lowest BCUT2D eigenvalue weighted by atomic mass is 9.45. The summed E-state index contributed by atoms with van der Waals surface area (Å²) in [6.07, 6.45) is 1.12. The van der Waals surface area contributed by atoms with Crippen LogP contribution in [0.25, 0.3) is 11.1 Å².